The summed E-state index contributed by atoms with van der Waals surface area (Å²) in [5.74, 6) is -0.0234. The molecule has 0 aliphatic heterocycles. The van der Waals surface area contributed by atoms with Crippen LogP contribution < -0.4 is 16.0 Å². The van der Waals surface area contributed by atoms with Crippen LogP contribution in [0.4, 0.5) is 10.5 Å². The van der Waals surface area contributed by atoms with Gasteiger partial charge in [-0.1, -0.05) is 48.5 Å². The van der Waals surface area contributed by atoms with Gasteiger partial charge in [0.2, 0.25) is 5.91 Å². The Hall–Kier alpha value is -3.12. The number of benzene rings is 2. The molecule has 1 aromatic heterocycles. The summed E-state index contributed by atoms with van der Waals surface area (Å²) in [5.41, 5.74) is 2.62. The maximum atomic E-state index is 12.0. The van der Waals surface area contributed by atoms with Crippen LogP contribution in [0.5, 0.6) is 0 Å². The Balaban J connectivity index is 1.42. The number of carbonyl (C=O) groups excluding carboxylic acids is 2. The number of amides is 3. The second kappa shape index (κ2) is 9.54. The van der Waals surface area contributed by atoms with Gasteiger partial charge in [-0.2, -0.15) is 0 Å². The zero-order chi connectivity index (χ0) is 18.9. The first-order valence-electron chi connectivity index (χ1n) is 8.66. The molecule has 5 nitrogen and oxygen atoms in total. The van der Waals surface area contributed by atoms with E-state index in [1.54, 1.807) is 23.5 Å². The molecule has 0 spiro atoms. The maximum absolute atomic E-state index is 12.0. The minimum atomic E-state index is -0.264. The molecule has 0 fully saturated rings. The highest BCUT2D eigenvalue weighted by atomic mass is 32.1. The standard InChI is InChI=1S/C21H21N3O2S/c25-20(22-15-19-7-4-12-27-19)13-16-8-10-18(11-9-16)24-21(26)23-14-17-5-2-1-3-6-17/h1-12H,13-15H2,(H,22,25)(H2,23,24,26). The SMILES string of the molecule is O=C(Cc1ccc(NC(=O)NCc2ccccc2)cc1)NCc1cccs1. The molecule has 0 saturated carbocycles. The summed E-state index contributed by atoms with van der Waals surface area (Å²) in [7, 11) is 0. The van der Waals surface area contributed by atoms with E-state index in [1.165, 1.54) is 0 Å². The normalized spacial score (nSPS) is 10.2. The molecule has 2 aromatic carbocycles. The van der Waals surface area contributed by atoms with Crippen LogP contribution in [-0.4, -0.2) is 11.9 Å². The quantitative estimate of drug-likeness (QED) is 0.582. The van der Waals surface area contributed by atoms with E-state index in [2.05, 4.69) is 16.0 Å². The number of nitrogens with one attached hydrogen (secondary N) is 3. The van der Waals surface area contributed by atoms with Gasteiger partial charge in [-0.25, -0.2) is 4.79 Å². The largest absolute Gasteiger partial charge is 0.351 e. The van der Waals surface area contributed by atoms with Crippen LogP contribution in [0.2, 0.25) is 0 Å². The third-order valence-corrected chi connectivity index (χ3v) is 4.79. The van der Waals surface area contributed by atoms with Gasteiger partial charge < -0.3 is 16.0 Å². The molecule has 1 heterocycles. The summed E-state index contributed by atoms with van der Waals surface area (Å²) in [6.07, 6.45) is 0.311. The minimum absolute atomic E-state index is 0.0234. The van der Waals surface area contributed by atoms with Crippen LogP contribution in [0.25, 0.3) is 0 Å². The van der Waals surface area contributed by atoms with Crippen LogP contribution in [0.1, 0.15) is 16.0 Å². The first kappa shape index (κ1) is 18.7. The lowest BCUT2D eigenvalue weighted by Crippen LogP contribution is -2.28. The predicted molar refractivity (Wildman–Crippen MR) is 109 cm³/mol. The predicted octanol–water partition coefficient (Wildman–Crippen LogP) is 3.93. The third-order valence-electron chi connectivity index (χ3n) is 3.91. The molecule has 0 unspecified atom stereocenters. The van der Waals surface area contributed by atoms with Crippen LogP contribution in [-0.2, 0) is 24.3 Å². The molecular weight excluding hydrogens is 358 g/mol. The average molecular weight is 379 g/mol. The van der Waals surface area contributed by atoms with Crippen molar-refractivity contribution in [2.75, 3.05) is 5.32 Å². The average Bonchev–Trinajstić information content (AvgIpc) is 3.21. The molecular formula is C21H21N3O2S. The number of urea groups is 1. The first-order chi connectivity index (χ1) is 13.2. The molecule has 6 heteroatoms. The fourth-order valence-electron chi connectivity index (χ4n) is 2.51. The number of hydrogen-bond donors (Lipinski definition) is 3. The van der Waals surface area contributed by atoms with Crippen LogP contribution in [0.15, 0.2) is 72.1 Å². The molecule has 3 aromatic rings. The van der Waals surface area contributed by atoms with Crippen molar-refractivity contribution in [2.45, 2.75) is 19.5 Å². The minimum Gasteiger partial charge on any atom is -0.351 e. The second-order valence-corrected chi connectivity index (χ2v) is 7.06. The van der Waals surface area contributed by atoms with Crippen molar-refractivity contribution in [1.29, 1.82) is 0 Å². The molecule has 0 radical (unpaired) electrons. The van der Waals surface area contributed by atoms with Crippen molar-refractivity contribution < 1.29 is 9.59 Å². The molecule has 0 saturated heterocycles. The Bertz CT molecular complexity index is 862. The lowest BCUT2D eigenvalue weighted by atomic mass is 10.1. The van der Waals surface area contributed by atoms with Crippen molar-refractivity contribution in [3.05, 3.63) is 88.1 Å². The highest BCUT2D eigenvalue weighted by Gasteiger charge is 2.05. The van der Waals surface area contributed by atoms with Crippen molar-refractivity contribution >= 4 is 29.0 Å². The molecule has 0 aliphatic carbocycles. The van der Waals surface area contributed by atoms with E-state index in [9.17, 15) is 9.59 Å². The van der Waals surface area contributed by atoms with E-state index in [0.29, 0.717) is 25.2 Å². The molecule has 3 amide bonds. The molecule has 3 N–H and O–H groups in total. The summed E-state index contributed by atoms with van der Waals surface area (Å²) < 4.78 is 0. The van der Waals surface area contributed by atoms with Crippen LogP contribution in [0.3, 0.4) is 0 Å². The lowest BCUT2D eigenvalue weighted by Gasteiger charge is -2.09. The van der Waals surface area contributed by atoms with Crippen LogP contribution in [0, 0.1) is 0 Å². The number of anilines is 1. The van der Waals surface area contributed by atoms with Gasteiger partial charge in [-0.3, -0.25) is 4.79 Å². The first-order valence-corrected chi connectivity index (χ1v) is 9.54. The fraction of sp³-hybridized carbons (Fsp3) is 0.143. The Morgan fingerprint density at radius 3 is 2.26 bits per heavy atom. The fourth-order valence-corrected chi connectivity index (χ4v) is 3.15. The van der Waals surface area contributed by atoms with E-state index < -0.39 is 0 Å². The number of carbonyl (C=O) groups is 2. The van der Waals surface area contributed by atoms with E-state index in [1.807, 2.05) is 60.0 Å². The second-order valence-electron chi connectivity index (χ2n) is 6.02. The van der Waals surface area contributed by atoms with Crippen molar-refractivity contribution in [3.8, 4) is 0 Å². The van der Waals surface area contributed by atoms with Gasteiger partial charge in [-0.05, 0) is 34.7 Å². The van der Waals surface area contributed by atoms with Gasteiger partial charge in [0.05, 0.1) is 13.0 Å². The Kier molecular flexibility index (Phi) is 6.60. The van der Waals surface area contributed by atoms with Gasteiger partial charge in [0.1, 0.15) is 0 Å². The van der Waals surface area contributed by atoms with Gasteiger partial charge in [0, 0.05) is 17.1 Å². The maximum Gasteiger partial charge on any atom is 0.319 e. The van der Waals surface area contributed by atoms with Gasteiger partial charge in [0.15, 0.2) is 0 Å². The highest BCUT2D eigenvalue weighted by Crippen LogP contribution is 2.11. The Labute approximate surface area is 162 Å². The summed E-state index contributed by atoms with van der Waals surface area (Å²) >= 11 is 1.62. The van der Waals surface area contributed by atoms with E-state index >= 15 is 0 Å². The smallest absolute Gasteiger partial charge is 0.319 e. The monoisotopic (exact) mass is 379 g/mol. The molecule has 138 valence electrons. The summed E-state index contributed by atoms with van der Waals surface area (Å²) in [6, 6.07) is 20.7. The molecule has 0 aliphatic rings. The molecule has 0 bridgehead atoms. The van der Waals surface area contributed by atoms with E-state index in [-0.39, 0.29) is 11.9 Å². The number of thiophene rings is 1. The Morgan fingerprint density at radius 1 is 0.778 bits per heavy atom. The number of hydrogen-bond acceptors (Lipinski definition) is 3. The highest BCUT2D eigenvalue weighted by molar-refractivity contribution is 7.09. The molecule has 27 heavy (non-hydrogen) atoms. The van der Waals surface area contributed by atoms with E-state index in [4.69, 9.17) is 0 Å². The molecule has 0 atom stereocenters. The van der Waals surface area contributed by atoms with Gasteiger partial charge in [-0.15, -0.1) is 11.3 Å². The zero-order valence-electron chi connectivity index (χ0n) is 14.8. The van der Waals surface area contributed by atoms with Gasteiger partial charge >= 0.3 is 6.03 Å². The summed E-state index contributed by atoms with van der Waals surface area (Å²) in [6.45, 7) is 1.02. The topological polar surface area (TPSA) is 70.2 Å². The van der Waals surface area contributed by atoms with Crippen LogP contribution >= 0.6 is 11.3 Å². The zero-order valence-corrected chi connectivity index (χ0v) is 15.6. The Morgan fingerprint density at radius 2 is 1.56 bits per heavy atom. The molecule has 3 rings (SSSR count). The van der Waals surface area contributed by atoms with Crippen molar-refractivity contribution in [3.63, 3.8) is 0 Å². The van der Waals surface area contributed by atoms with E-state index in [0.717, 1.165) is 16.0 Å². The van der Waals surface area contributed by atoms with Crippen molar-refractivity contribution in [1.82, 2.24) is 10.6 Å². The number of rotatable bonds is 7. The lowest BCUT2D eigenvalue weighted by molar-refractivity contribution is -0.120. The summed E-state index contributed by atoms with van der Waals surface area (Å²) in [5, 5.41) is 10.5. The van der Waals surface area contributed by atoms with Crippen molar-refractivity contribution in [2.24, 2.45) is 0 Å². The third kappa shape index (κ3) is 6.27. The summed E-state index contributed by atoms with van der Waals surface area (Å²) in [4.78, 5) is 25.1. The van der Waals surface area contributed by atoms with Gasteiger partial charge in [0.25, 0.3) is 0 Å².